The van der Waals surface area contributed by atoms with Crippen molar-refractivity contribution in [1.82, 2.24) is 5.32 Å². The molecule has 2 aromatic carbocycles. The molecule has 0 spiro atoms. The van der Waals surface area contributed by atoms with Crippen molar-refractivity contribution in [2.75, 3.05) is 11.4 Å². The van der Waals surface area contributed by atoms with Gasteiger partial charge in [-0.25, -0.2) is 9.38 Å². The van der Waals surface area contributed by atoms with E-state index in [9.17, 15) is 19.3 Å². The number of hydrogen-bond acceptors (Lipinski definition) is 5. The van der Waals surface area contributed by atoms with Crippen LogP contribution in [0.25, 0.3) is 0 Å². The third-order valence-corrected chi connectivity index (χ3v) is 5.89. The van der Waals surface area contributed by atoms with E-state index in [-0.39, 0.29) is 23.3 Å². The predicted molar refractivity (Wildman–Crippen MR) is 142 cm³/mol. The molecule has 2 aromatic rings. The number of amides is 1. The summed E-state index contributed by atoms with van der Waals surface area (Å²) in [6.45, 7) is 4.49. The van der Waals surface area contributed by atoms with Crippen LogP contribution in [0.1, 0.15) is 62.7 Å². The summed E-state index contributed by atoms with van der Waals surface area (Å²) in [7, 11) is 0. The zero-order chi connectivity index (χ0) is 25.9. The Kier molecular flexibility index (Phi) is 9.92. The monoisotopic (exact) mass is 492 g/mol. The molecular weight excluding hydrogens is 459 g/mol. The maximum Gasteiger partial charge on any atom is 0.270 e. The minimum absolute atomic E-state index is 0.137. The lowest BCUT2D eigenvalue weighted by Gasteiger charge is -2.26. The van der Waals surface area contributed by atoms with Gasteiger partial charge in [0.25, 0.3) is 11.6 Å². The Morgan fingerprint density at radius 3 is 2.69 bits per heavy atom. The van der Waals surface area contributed by atoms with Crippen LogP contribution in [0.4, 0.5) is 15.8 Å². The minimum atomic E-state index is -0.547. The average Bonchev–Trinajstić information content (AvgIpc) is 2.92. The van der Waals surface area contributed by atoms with Gasteiger partial charge in [-0.15, -0.1) is 0 Å². The maximum absolute atomic E-state index is 14.1. The molecule has 190 valence electrons. The molecule has 1 unspecified atom stereocenters. The molecule has 0 saturated carbocycles. The van der Waals surface area contributed by atoms with Crippen LogP contribution < -0.4 is 10.2 Å². The highest BCUT2D eigenvalue weighted by molar-refractivity contribution is 6.11. The fourth-order valence-corrected chi connectivity index (χ4v) is 4.07. The zero-order valence-corrected chi connectivity index (χ0v) is 20.8. The van der Waals surface area contributed by atoms with E-state index < -0.39 is 16.6 Å². The van der Waals surface area contributed by atoms with E-state index in [1.165, 1.54) is 67.7 Å². The van der Waals surface area contributed by atoms with E-state index in [1.807, 2.05) is 13.0 Å². The van der Waals surface area contributed by atoms with E-state index in [4.69, 9.17) is 4.99 Å². The fourth-order valence-electron chi connectivity index (χ4n) is 4.07. The van der Waals surface area contributed by atoms with Crippen LogP contribution in [-0.4, -0.2) is 29.4 Å². The number of allylic oxidation sites excluding steroid dienone is 2. The minimum Gasteiger partial charge on any atom is -0.308 e. The SMILES string of the molecule is CCCCCCCC1=C/C(C)N=C(NC(=O)c2cccc([N+](=O)[O-])c2)N(c2cccc(F)c2)C/C=C\1. The number of carbonyl (C=O) groups excluding carboxylic acids is 1. The van der Waals surface area contributed by atoms with Crippen molar-refractivity contribution in [3.63, 3.8) is 0 Å². The van der Waals surface area contributed by atoms with E-state index in [1.54, 1.807) is 17.0 Å². The molecule has 0 aromatic heterocycles. The predicted octanol–water partition coefficient (Wildman–Crippen LogP) is 6.57. The molecule has 1 aliphatic heterocycles. The third-order valence-electron chi connectivity index (χ3n) is 5.89. The molecule has 3 rings (SSSR count). The first kappa shape index (κ1) is 26.8. The van der Waals surface area contributed by atoms with Gasteiger partial charge in [-0.1, -0.05) is 68.5 Å². The van der Waals surface area contributed by atoms with Crippen LogP contribution in [-0.2, 0) is 0 Å². The lowest BCUT2D eigenvalue weighted by atomic mass is 10.0. The van der Waals surface area contributed by atoms with Crippen LogP contribution in [0.5, 0.6) is 0 Å². The van der Waals surface area contributed by atoms with Crippen LogP contribution in [0.3, 0.4) is 0 Å². The second-order valence-corrected chi connectivity index (χ2v) is 8.85. The molecule has 1 atom stereocenters. The van der Waals surface area contributed by atoms with Gasteiger partial charge in [0.05, 0.1) is 11.0 Å². The van der Waals surface area contributed by atoms with Gasteiger partial charge >= 0.3 is 0 Å². The number of nitro groups is 1. The largest absolute Gasteiger partial charge is 0.308 e. The first-order chi connectivity index (χ1) is 17.4. The summed E-state index contributed by atoms with van der Waals surface area (Å²) in [4.78, 5) is 30.1. The summed E-state index contributed by atoms with van der Waals surface area (Å²) in [5.74, 6) is -0.691. The summed E-state index contributed by atoms with van der Waals surface area (Å²) in [5.41, 5.74) is 1.67. The maximum atomic E-state index is 14.1. The van der Waals surface area contributed by atoms with Crippen LogP contribution in [0, 0.1) is 15.9 Å². The molecule has 36 heavy (non-hydrogen) atoms. The highest BCUT2D eigenvalue weighted by atomic mass is 19.1. The van der Waals surface area contributed by atoms with E-state index in [2.05, 4.69) is 24.4 Å². The van der Waals surface area contributed by atoms with Gasteiger partial charge in [-0.05, 0) is 44.0 Å². The number of rotatable bonds is 9. The van der Waals surface area contributed by atoms with Crippen molar-refractivity contribution in [1.29, 1.82) is 0 Å². The zero-order valence-electron chi connectivity index (χ0n) is 20.8. The van der Waals surface area contributed by atoms with E-state index >= 15 is 0 Å². The number of benzene rings is 2. The number of anilines is 1. The Bertz CT molecular complexity index is 1160. The van der Waals surface area contributed by atoms with Crippen molar-refractivity contribution in [2.45, 2.75) is 58.4 Å². The Morgan fingerprint density at radius 1 is 1.17 bits per heavy atom. The number of unbranched alkanes of at least 4 members (excludes halogenated alkanes) is 4. The number of guanidine groups is 1. The smallest absolute Gasteiger partial charge is 0.270 e. The van der Waals surface area contributed by atoms with Gasteiger partial charge < -0.3 is 4.90 Å². The highest BCUT2D eigenvalue weighted by Crippen LogP contribution is 2.20. The van der Waals surface area contributed by atoms with Gasteiger partial charge in [0.2, 0.25) is 5.96 Å². The number of non-ortho nitro benzene ring substituents is 1. The summed E-state index contributed by atoms with van der Waals surface area (Å²) in [5, 5.41) is 14.0. The molecule has 1 amide bonds. The molecule has 0 saturated heterocycles. The Morgan fingerprint density at radius 2 is 1.94 bits per heavy atom. The van der Waals surface area contributed by atoms with Crippen LogP contribution in [0.2, 0.25) is 0 Å². The number of aliphatic imine (C=N–C) groups is 1. The van der Waals surface area contributed by atoms with Gasteiger partial charge in [0, 0.05) is 29.9 Å². The molecule has 8 heteroatoms. The molecule has 0 bridgehead atoms. The second kappa shape index (κ2) is 13.3. The molecule has 1 N–H and O–H groups in total. The summed E-state index contributed by atoms with van der Waals surface area (Å²) < 4.78 is 14.1. The van der Waals surface area contributed by atoms with Gasteiger partial charge in [-0.2, -0.15) is 0 Å². The number of hydrogen-bond donors (Lipinski definition) is 1. The summed E-state index contributed by atoms with van der Waals surface area (Å²) >= 11 is 0. The quantitative estimate of drug-likeness (QED) is 0.244. The number of carbonyl (C=O) groups is 1. The Hall–Kier alpha value is -3.81. The first-order valence-electron chi connectivity index (χ1n) is 12.4. The Labute approximate surface area is 211 Å². The lowest BCUT2D eigenvalue weighted by molar-refractivity contribution is -0.384. The summed E-state index contributed by atoms with van der Waals surface area (Å²) in [6, 6.07) is 11.3. The van der Waals surface area contributed by atoms with Gasteiger partial charge in [0.15, 0.2) is 0 Å². The second-order valence-electron chi connectivity index (χ2n) is 8.85. The highest BCUT2D eigenvalue weighted by Gasteiger charge is 2.20. The molecule has 1 aliphatic rings. The number of nitrogens with one attached hydrogen (secondary N) is 1. The normalized spacial score (nSPS) is 18.2. The van der Waals surface area contributed by atoms with Crippen molar-refractivity contribution in [3.8, 4) is 0 Å². The third kappa shape index (κ3) is 7.86. The summed E-state index contributed by atoms with van der Waals surface area (Å²) in [6.07, 6.45) is 13.0. The van der Waals surface area contributed by atoms with Gasteiger partial charge in [0.1, 0.15) is 5.82 Å². The average molecular weight is 493 g/mol. The fraction of sp³-hybridized carbons (Fsp3) is 0.357. The number of halogens is 1. The number of nitro benzene ring substituents is 1. The van der Waals surface area contributed by atoms with Crippen LogP contribution >= 0.6 is 0 Å². The van der Waals surface area contributed by atoms with E-state index in [0.29, 0.717) is 12.2 Å². The van der Waals surface area contributed by atoms with Crippen molar-refractivity contribution in [2.24, 2.45) is 4.99 Å². The standard InChI is InChI=1S/C28H33FN4O3/c1-3-4-5-6-7-11-22-12-10-17-32(25-15-9-14-24(29)20-25)28(30-21(2)18-22)31-27(34)23-13-8-16-26(19-23)33(35)36/h8-10,12-16,18-21H,3-7,11,17H2,1-2H3,(H,30,31,34)/b12-10-,22-18-. The first-order valence-corrected chi connectivity index (χ1v) is 12.4. The van der Waals surface area contributed by atoms with Gasteiger partial charge in [-0.3, -0.25) is 20.2 Å². The molecular formula is C28H33FN4O3. The molecule has 0 radical (unpaired) electrons. The number of nitrogens with zero attached hydrogens (tertiary/aromatic N) is 3. The van der Waals surface area contributed by atoms with Crippen molar-refractivity contribution < 1.29 is 14.1 Å². The Balaban J connectivity index is 1.89. The van der Waals surface area contributed by atoms with Crippen LogP contribution in [0.15, 0.2) is 77.3 Å². The molecule has 0 fully saturated rings. The lowest BCUT2D eigenvalue weighted by Crippen LogP contribution is -2.45. The van der Waals surface area contributed by atoms with Crippen molar-refractivity contribution in [3.05, 3.63) is 93.8 Å². The molecule has 1 heterocycles. The van der Waals surface area contributed by atoms with E-state index in [0.717, 1.165) is 12.8 Å². The topological polar surface area (TPSA) is 87.8 Å². The van der Waals surface area contributed by atoms with Crippen molar-refractivity contribution >= 4 is 23.2 Å². The molecule has 0 aliphatic carbocycles. The molecule has 7 nitrogen and oxygen atoms in total.